The minimum absolute atomic E-state index is 0.698. The number of methoxy groups -OCH3 is 3. The summed E-state index contributed by atoms with van der Waals surface area (Å²) in [4.78, 5) is 0. The van der Waals surface area contributed by atoms with E-state index in [0.717, 1.165) is 47.1 Å². The van der Waals surface area contributed by atoms with Gasteiger partial charge in [-0.05, 0) is 77.8 Å². The van der Waals surface area contributed by atoms with E-state index in [1.54, 1.807) is 21.3 Å². The summed E-state index contributed by atoms with van der Waals surface area (Å²) in [6, 6.07) is 8.05. The number of ether oxygens (including phenoxy) is 3. The molecule has 0 atom stereocenters. The monoisotopic (exact) mass is 516 g/mol. The molecular weight excluding hydrogens is 504 g/mol. The second kappa shape index (κ2) is 7.10. The minimum atomic E-state index is 0.698. The Balaban J connectivity index is 2.60. The quantitative estimate of drug-likeness (QED) is 0.294. The van der Waals surface area contributed by atoms with E-state index in [9.17, 15) is 0 Å². The molecule has 0 bridgehead atoms. The standard InChI is InChI=1S/C18H15Br3O3/c1-22-13-5-4-9-16(18(13)21)11-7-15(24-3)14(23-2)6-10(11)12(8-19)17(9)20/h4-7H,8H2,1-3H3. The molecule has 126 valence electrons. The summed E-state index contributed by atoms with van der Waals surface area (Å²) < 4.78 is 18.4. The van der Waals surface area contributed by atoms with Crippen LogP contribution in [0.4, 0.5) is 0 Å². The fourth-order valence-electron chi connectivity index (χ4n) is 2.91. The lowest BCUT2D eigenvalue weighted by molar-refractivity contribution is 0.356. The van der Waals surface area contributed by atoms with E-state index in [-0.39, 0.29) is 0 Å². The van der Waals surface area contributed by atoms with Gasteiger partial charge in [0, 0.05) is 15.2 Å². The molecule has 0 saturated carbocycles. The number of hydrogen-bond acceptors (Lipinski definition) is 3. The number of fused-ring (bicyclic) bond motifs is 3. The normalized spacial score (nSPS) is 11.1. The van der Waals surface area contributed by atoms with E-state index < -0.39 is 0 Å². The molecule has 0 spiro atoms. The van der Waals surface area contributed by atoms with Crippen LogP contribution in [0.15, 0.2) is 33.2 Å². The van der Waals surface area contributed by atoms with Gasteiger partial charge >= 0.3 is 0 Å². The summed E-state index contributed by atoms with van der Waals surface area (Å²) in [6.07, 6.45) is 0. The van der Waals surface area contributed by atoms with Crippen LogP contribution < -0.4 is 14.2 Å². The molecule has 0 fully saturated rings. The molecular formula is C18H15Br3O3. The Morgan fingerprint density at radius 2 is 1.33 bits per heavy atom. The Morgan fingerprint density at radius 1 is 0.750 bits per heavy atom. The third kappa shape index (κ3) is 2.68. The van der Waals surface area contributed by atoms with Crippen molar-refractivity contribution in [1.82, 2.24) is 0 Å². The molecule has 0 aliphatic heterocycles. The van der Waals surface area contributed by atoms with Crippen molar-refractivity contribution in [3.63, 3.8) is 0 Å². The molecule has 3 rings (SSSR count). The molecule has 0 heterocycles. The van der Waals surface area contributed by atoms with Crippen LogP contribution in [-0.2, 0) is 5.33 Å². The van der Waals surface area contributed by atoms with Gasteiger partial charge in [0.25, 0.3) is 0 Å². The van der Waals surface area contributed by atoms with Crippen LogP contribution >= 0.6 is 47.8 Å². The molecule has 0 aliphatic rings. The van der Waals surface area contributed by atoms with E-state index in [0.29, 0.717) is 11.5 Å². The Kier molecular flexibility index (Phi) is 5.27. The lowest BCUT2D eigenvalue weighted by atomic mass is 9.97. The van der Waals surface area contributed by atoms with Gasteiger partial charge in [0.15, 0.2) is 11.5 Å². The highest BCUT2D eigenvalue weighted by Crippen LogP contribution is 2.46. The summed E-state index contributed by atoms with van der Waals surface area (Å²) in [6.45, 7) is 0. The smallest absolute Gasteiger partial charge is 0.161 e. The maximum absolute atomic E-state index is 5.50. The third-order valence-corrected chi connectivity index (χ3v) is 6.33. The largest absolute Gasteiger partial charge is 0.496 e. The number of hydrogen-bond donors (Lipinski definition) is 0. The highest BCUT2D eigenvalue weighted by Gasteiger charge is 2.19. The molecule has 3 aromatic carbocycles. The molecule has 0 N–H and O–H groups in total. The average Bonchev–Trinajstić information content (AvgIpc) is 2.61. The Morgan fingerprint density at radius 3 is 1.88 bits per heavy atom. The summed E-state index contributed by atoms with van der Waals surface area (Å²) in [5.74, 6) is 2.19. The van der Waals surface area contributed by atoms with Gasteiger partial charge in [0.05, 0.1) is 25.8 Å². The van der Waals surface area contributed by atoms with Crippen molar-refractivity contribution in [1.29, 1.82) is 0 Å². The Bertz CT molecular complexity index is 938. The van der Waals surface area contributed by atoms with Crippen molar-refractivity contribution in [3.8, 4) is 17.2 Å². The molecule has 6 heteroatoms. The second-order valence-electron chi connectivity index (χ2n) is 5.18. The summed E-state index contributed by atoms with van der Waals surface area (Å²) in [5, 5.41) is 5.07. The van der Waals surface area contributed by atoms with Crippen LogP contribution in [0, 0.1) is 0 Å². The minimum Gasteiger partial charge on any atom is -0.496 e. The van der Waals surface area contributed by atoms with E-state index in [4.69, 9.17) is 14.2 Å². The van der Waals surface area contributed by atoms with Crippen LogP contribution in [0.2, 0.25) is 0 Å². The van der Waals surface area contributed by atoms with E-state index in [1.807, 2.05) is 18.2 Å². The molecule has 0 aromatic heterocycles. The SMILES string of the molecule is COc1cc2c(CBr)c(Br)c3ccc(OC)c(Br)c3c2cc1OC. The summed E-state index contributed by atoms with van der Waals surface area (Å²) >= 11 is 11.1. The summed E-state index contributed by atoms with van der Waals surface area (Å²) in [7, 11) is 4.96. The van der Waals surface area contributed by atoms with Gasteiger partial charge in [-0.3, -0.25) is 0 Å². The van der Waals surface area contributed by atoms with Crippen molar-refractivity contribution < 1.29 is 14.2 Å². The zero-order valence-corrected chi connectivity index (χ0v) is 18.1. The van der Waals surface area contributed by atoms with E-state index >= 15 is 0 Å². The van der Waals surface area contributed by atoms with Gasteiger partial charge in [0.2, 0.25) is 0 Å². The average molecular weight is 519 g/mol. The zero-order valence-electron chi connectivity index (χ0n) is 13.4. The number of benzene rings is 3. The molecule has 0 saturated heterocycles. The predicted molar refractivity (Wildman–Crippen MR) is 109 cm³/mol. The maximum atomic E-state index is 5.50. The van der Waals surface area contributed by atoms with Crippen molar-refractivity contribution in [2.75, 3.05) is 21.3 Å². The predicted octanol–water partition coefficient (Wildman–Crippen LogP) is 6.44. The van der Waals surface area contributed by atoms with E-state index in [2.05, 4.69) is 53.9 Å². The maximum Gasteiger partial charge on any atom is 0.161 e. The van der Waals surface area contributed by atoms with Crippen LogP contribution in [0.3, 0.4) is 0 Å². The van der Waals surface area contributed by atoms with Crippen molar-refractivity contribution in [2.24, 2.45) is 0 Å². The second-order valence-corrected chi connectivity index (χ2v) is 7.33. The van der Waals surface area contributed by atoms with Crippen LogP contribution in [0.1, 0.15) is 5.56 Å². The molecule has 3 aromatic rings. The first-order valence-corrected chi connectivity index (χ1v) is 9.86. The summed E-state index contributed by atoms with van der Waals surface area (Å²) in [5.41, 5.74) is 1.16. The molecule has 0 unspecified atom stereocenters. The van der Waals surface area contributed by atoms with Crippen molar-refractivity contribution in [2.45, 2.75) is 5.33 Å². The fourth-order valence-corrected chi connectivity index (χ4v) is 5.27. The number of rotatable bonds is 4. The van der Waals surface area contributed by atoms with Crippen LogP contribution in [0.25, 0.3) is 21.5 Å². The Labute approximate surface area is 165 Å². The highest BCUT2D eigenvalue weighted by atomic mass is 79.9. The molecule has 24 heavy (non-hydrogen) atoms. The first kappa shape index (κ1) is 17.8. The first-order chi connectivity index (χ1) is 11.6. The highest BCUT2D eigenvalue weighted by molar-refractivity contribution is 9.11. The van der Waals surface area contributed by atoms with Crippen LogP contribution in [-0.4, -0.2) is 21.3 Å². The molecule has 0 amide bonds. The van der Waals surface area contributed by atoms with Crippen LogP contribution in [0.5, 0.6) is 17.2 Å². The first-order valence-electron chi connectivity index (χ1n) is 7.15. The lowest BCUT2D eigenvalue weighted by Crippen LogP contribution is -1.95. The third-order valence-electron chi connectivity index (χ3n) is 4.08. The lowest BCUT2D eigenvalue weighted by Gasteiger charge is -2.17. The number of alkyl halides is 1. The van der Waals surface area contributed by atoms with E-state index in [1.165, 1.54) is 0 Å². The zero-order chi connectivity index (χ0) is 17.4. The Hall–Kier alpha value is -0.980. The molecule has 3 nitrogen and oxygen atoms in total. The van der Waals surface area contributed by atoms with Crippen molar-refractivity contribution in [3.05, 3.63) is 38.8 Å². The van der Waals surface area contributed by atoms with Crippen molar-refractivity contribution >= 4 is 69.3 Å². The molecule has 0 aliphatic carbocycles. The van der Waals surface area contributed by atoms with Gasteiger partial charge in [-0.1, -0.05) is 15.9 Å². The molecule has 0 radical (unpaired) electrons. The van der Waals surface area contributed by atoms with Gasteiger partial charge in [-0.25, -0.2) is 0 Å². The number of halogens is 3. The van der Waals surface area contributed by atoms with Gasteiger partial charge in [-0.2, -0.15) is 0 Å². The van der Waals surface area contributed by atoms with Gasteiger partial charge in [0.1, 0.15) is 5.75 Å². The van der Waals surface area contributed by atoms with Gasteiger partial charge < -0.3 is 14.2 Å². The van der Waals surface area contributed by atoms with Gasteiger partial charge in [-0.15, -0.1) is 0 Å². The topological polar surface area (TPSA) is 27.7 Å². The fraction of sp³-hybridized carbons (Fsp3) is 0.222.